The van der Waals surface area contributed by atoms with Crippen LogP contribution in [-0.4, -0.2) is 31.4 Å². The highest BCUT2D eigenvalue weighted by atomic mass is 28.4. The number of halogens is 5. The Hall–Kier alpha value is -3.05. The van der Waals surface area contributed by atoms with E-state index in [4.69, 9.17) is 9.16 Å². The molecule has 1 saturated carbocycles. The van der Waals surface area contributed by atoms with Gasteiger partial charge in [0, 0.05) is 42.2 Å². The van der Waals surface area contributed by atoms with E-state index < -0.39 is 37.8 Å². The predicted octanol–water partition coefficient (Wildman–Crippen LogP) is 7.32. The van der Waals surface area contributed by atoms with Gasteiger partial charge in [0.1, 0.15) is 23.5 Å². The van der Waals surface area contributed by atoms with Gasteiger partial charge in [-0.05, 0) is 59.4 Å². The zero-order chi connectivity index (χ0) is 29.5. The molecule has 2 aromatic carbocycles. The van der Waals surface area contributed by atoms with Crippen LogP contribution in [0.4, 0.5) is 22.0 Å². The Bertz CT molecular complexity index is 1400. The second-order valence-corrected chi connectivity index (χ2v) is 16.6. The molecular formula is C29H33F5N2O3Si. The van der Waals surface area contributed by atoms with Crippen molar-refractivity contribution in [2.75, 3.05) is 0 Å². The number of rotatable bonds is 8. The first-order valence-corrected chi connectivity index (χ1v) is 16.0. The fourth-order valence-corrected chi connectivity index (χ4v) is 5.29. The molecule has 3 aromatic rings. The molecule has 1 aliphatic carbocycles. The molecule has 5 nitrogen and oxygen atoms in total. The number of carbonyl (C=O) groups excluding carboxylic acids is 1. The van der Waals surface area contributed by atoms with Gasteiger partial charge in [-0.1, -0.05) is 20.8 Å². The first-order valence-electron chi connectivity index (χ1n) is 13.1. The number of ether oxygens (including phenoxy) is 1. The van der Waals surface area contributed by atoms with Gasteiger partial charge < -0.3 is 14.5 Å². The summed E-state index contributed by atoms with van der Waals surface area (Å²) in [4.78, 5) is 17.0. The van der Waals surface area contributed by atoms with Gasteiger partial charge in [-0.2, -0.15) is 13.2 Å². The highest BCUT2D eigenvalue weighted by molar-refractivity contribution is 6.74. The summed E-state index contributed by atoms with van der Waals surface area (Å²) in [5.74, 6) is -2.35. The molecule has 1 fully saturated rings. The maximum absolute atomic E-state index is 15.3. The molecule has 0 spiro atoms. The fourth-order valence-electron chi connectivity index (χ4n) is 4.34. The van der Waals surface area contributed by atoms with E-state index in [2.05, 4.69) is 44.2 Å². The van der Waals surface area contributed by atoms with Gasteiger partial charge in [0.05, 0.1) is 18.6 Å². The van der Waals surface area contributed by atoms with Crippen molar-refractivity contribution in [1.29, 1.82) is 0 Å². The van der Waals surface area contributed by atoms with E-state index in [-0.39, 0.29) is 41.3 Å². The standard InChI is InChI=1S/C29H33F5N2O3Si/c1-28(2,3)40(4,5)38-16-17-10-26(31)22(21-8-9-35-15-23(17)21)14-27(37)36-18-11-20(12-18)39-19-6-7-25(30)24(13-19)29(32,33)34/h6-10,13,15,18,20H,11-12,14,16H2,1-5H3,(H,36,37). The van der Waals surface area contributed by atoms with Crippen molar-refractivity contribution in [2.24, 2.45) is 0 Å². The summed E-state index contributed by atoms with van der Waals surface area (Å²) < 4.78 is 79.5. The Balaban J connectivity index is 1.38. The quantitative estimate of drug-likeness (QED) is 0.224. The molecule has 0 bridgehead atoms. The van der Waals surface area contributed by atoms with Crippen LogP contribution >= 0.6 is 0 Å². The van der Waals surface area contributed by atoms with Crippen LogP contribution in [0.2, 0.25) is 18.1 Å². The summed E-state index contributed by atoms with van der Waals surface area (Å²) in [7, 11) is -2.08. The van der Waals surface area contributed by atoms with Crippen molar-refractivity contribution in [2.45, 2.75) is 83.1 Å². The number of carbonyl (C=O) groups is 1. The number of nitrogens with one attached hydrogen (secondary N) is 1. The Morgan fingerprint density at radius 3 is 2.40 bits per heavy atom. The van der Waals surface area contributed by atoms with Crippen LogP contribution in [0.1, 0.15) is 50.3 Å². The summed E-state index contributed by atoms with van der Waals surface area (Å²) in [6, 6.07) is 5.31. The second-order valence-electron chi connectivity index (χ2n) is 11.8. The van der Waals surface area contributed by atoms with Gasteiger partial charge in [0.15, 0.2) is 8.32 Å². The summed E-state index contributed by atoms with van der Waals surface area (Å²) >= 11 is 0. The number of aromatic nitrogens is 1. The number of alkyl halides is 3. The molecule has 11 heteroatoms. The van der Waals surface area contributed by atoms with E-state index >= 15 is 4.39 Å². The van der Waals surface area contributed by atoms with Gasteiger partial charge in [-0.15, -0.1) is 0 Å². The van der Waals surface area contributed by atoms with Crippen LogP contribution in [0.3, 0.4) is 0 Å². The maximum atomic E-state index is 15.3. The minimum Gasteiger partial charge on any atom is -0.490 e. The van der Waals surface area contributed by atoms with Crippen molar-refractivity contribution in [1.82, 2.24) is 10.3 Å². The highest BCUT2D eigenvalue weighted by Gasteiger charge is 2.38. The number of hydrogen-bond donors (Lipinski definition) is 1. The van der Waals surface area contributed by atoms with Crippen molar-refractivity contribution >= 4 is 25.0 Å². The van der Waals surface area contributed by atoms with E-state index in [1.54, 1.807) is 18.5 Å². The van der Waals surface area contributed by atoms with Crippen LogP contribution in [0.25, 0.3) is 10.8 Å². The van der Waals surface area contributed by atoms with Gasteiger partial charge in [-0.25, -0.2) is 8.78 Å². The molecule has 0 unspecified atom stereocenters. The maximum Gasteiger partial charge on any atom is 0.419 e. The zero-order valence-corrected chi connectivity index (χ0v) is 24.1. The van der Waals surface area contributed by atoms with Gasteiger partial charge in [0.2, 0.25) is 5.91 Å². The predicted molar refractivity (Wildman–Crippen MR) is 144 cm³/mol. The molecule has 0 saturated heterocycles. The summed E-state index contributed by atoms with van der Waals surface area (Å²) in [6.07, 6.45) is -1.53. The normalized spacial score (nSPS) is 17.9. The molecule has 0 atom stereocenters. The lowest BCUT2D eigenvalue weighted by Crippen LogP contribution is -2.49. The van der Waals surface area contributed by atoms with Crippen molar-refractivity contribution < 1.29 is 35.9 Å². The number of hydrogen-bond acceptors (Lipinski definition) is 4. The van der Waals surface area contributed by atoms with Crippen molar-refractivity contribution in [3.8, 4) is 5.75 Å². The molecular weight excluding hydrogens is 547 g/mol. The molecule has 1 aliphatic rings. The first kappa shape index (κ1) is 29.9. The average Bonchev–Trinajstić information content (AvgIpc) is 2.83. The molecule has 1 N–H and O–H groups in total. The van der Waals surface area contributed by atoms with Gasteiger partial charge >= 0.3 is 6.18 Å². The smallest absolute Gasteiger partial charge is 0.419 e. The van der Waals surface area contributed by atoms with E-state index in [0.29, 0.717) is 29.9 Å². The average molecular weight is 581 g/mol. The summed E-state index contributed by atoms with van der Waals surface area (Å²) in [5.41, 5.74) is -0.469. The molecule has 216 valence electrons. The largest absolute Gasteiger partial charge is 0.490 e. The van der Waals surface area contributed by atoms with Crippen molar-refractivity contribution in [3.63, 3.8) is 0 Å². The third kappa shape index (κ3) is 6.63. The second kappa shape index (κ2) is 11.1. The molecule has 0 aliphatic heterocycles. The number of amides is 1. The number of fused-ring (bicyclic) bond motifs is 1. The van der Waals surface area contributed by atoms with Gasteiger partial charge in [0.25, 0.3) is 0 Å². The van der Waals surface area contributed by atoms with Crippen LogP contribution in [-0.2, 0) is 28.4 Å². The number of benzene rings is 2. The van der Waals surface area contributed by atoms with Crippen molar-refractivity contribution in [3.05, 3.63) is 71.1 Å². The molecule has 4 rings (SSSR count). The van der Waals surface area contributed by atoms with Crippen LogP contribution in [0, 0.1) is 11.6 Å². The Morgan fingerprint density at radius 2 is 1.75 bits per heavy atom. The highest BCUT2D eigenvalue weighted by Crippen LogP contribution is 2.38. The van der Waals surface area contributed by atoms with E-state index in [0.717, 1.165) is 17.5 Å². The Morgan fingerprint density at radius 1 is 1.05 bits per heavy atom. The van der Waals surface area contributed by atoms with Crippen LogP contribution in [0.15, 0.2) is 42.7 Å². The van der Waals surface area contributed by atoms with Crippen LogP contribution < -0.4 is 10.1 Å². The minimum atomic E-state index is -4.83. The first-order chi connectivity index (χ1) is 18.5. The van der Waals surface area contributed by atoms with E-state index in [1.165, 1.54) is 6.07 Å². The molecule has 0 radical (unpaired) electrons. The third-order valence-corrected chi connectivity index (χ3v) is 12.3. The number of pyridine rings is 1. The minimum absolute atomic E-state index is 0.00573. The molecule has 1 heterocycles. The zero-order valence-electron chi connectivity index (χ0n) is 23.1. The van der Waals surface area contributed by atoms with Crippen LogP contribution in [0.5, 0.6) is 5.75 Å². The summed E-state index contributed by atoms with van der Waals surface area (Å²) in [5, 5.41) is 4.14. The lowest BCUT2D eigenvalue weighted by atomic mass is 9.88. The third-order valence-electron chi connectivity index (χ3n) is 7.82. The topological polar surface area (TPSA) is 60.5 Å². The fraction of sp³-hybridized carbons (Fsp3) is 0.448. The lowest BCUT2D eigenvalue weighted by molar-refractivity contribution is -0.140. The molecule has 1 aromatic heterocycles. The molecule has 1 amide bonds. The summed E-state index contributed by atoms with van der Waals surface area (Å²) in [6.45, 7) is 10.9. The molecule has 40 heavy (non-hydrogen) atoms. The van der Waals surface area contributed by atoms with Gasteiger partial charge in [-0.3, -0.25) is 9.78 Å². The number of nitrogens with zero attached hydrogens (tertiary/aromatic N) is 1. The SMILES string of the molecule is CC(C)(C)[Si](C)(C)OCc1cc(F)c(CC(=O)NC2CC(Oc3ccc(F)c(C(F)(F)F)c3)C2)c2ccncc12. The Kier molecular flexibility index (Phi) is 8.29. The van der Waals surface area contributed by atoms with E-state index in [1.807, 2.05) is 0 Å². The Labute approximate surface area is 231 Å². The van der Waals surface area contributed by atoms with E-state index in [9.17, 15) is 22.4 Å². The lowest BCUT2D eigenvalue weighted by Gasteiger charge is -2.36. The monoisotopic (exact) mass is 580 g/mol.